The van der Waals surface area contributed by atoms with Crippen molar-refractivity contribution in [3.63, 3.8) is 0 Å². The summed E-state index contributed by atoms with van der Waals surface area (Å²) in [6.07, 6.45) is 3.85. The third-order valence-corrected chi connectivity index (χ3v) is 2.90. The summed E-state index contributed by atoms with van der Waals surface area (Å²) in [6, 6.07) is 1.64. The largest absolute Gasteiger partial charge is 0.394 e. The molecule has 1 unspecified atom stereocenters. The third-order valence-electron chi connectivity index (χ3n) is 2.90. The molecule has 1 rings (SSSR count). The quantitative estimate of drug-likeness (QED) is 0.664. The highest BCUT2D eigenvalue weighted by Gasteiger charge is 2.27. The van der Waals surface area contributed by atoms with Gasteiger partial charge in [-0.3, -0.25) is 5.32 Å². The normalized spacial score (nSPS) is 29.0. The summed E-state index contributed by atoms with van der Waals surface area (Å²) in [6.45, 7) is 3.02. The van der Waals surface area contributed by atoms with Crippen molar-refractivity contribution in [3.05, 3.63) is 0 Å². The lowest BCUT2D eigenvalue weighted by Gasteiger charge is -2.35. The standard InChI is InChI=1S/C10H18N2O/c1-2-8-3-9(4-8)6-12-10(5-11)7-13/h8-10,12-13H,2-4,6-7H2,1H3. The van der Waals surface area contributed by atoms with Gasteiger partial charge in [-0.05, 0) is 31.2 Å². The van der Waals surface area contributed by atoms with Gasteiger partial charge in [0.1, 0.15) is 6.04 Å². The van der Waals surface area contributed by atoms with Crippen molar-refractivity contribution in [3.8, 4) is 6.07 Å². The van der Waals surface area contributed by atoms with E-state index in [2.05, 4.69) is 12.2 Å². The molecule has 0 heterocycles. The Balaban J connectivity index is 2.05. The molecule has 3 nitrogen and oxygen atoms in total. The number of hydrogen-bond acceptors (Lipinski definition) is 3. The fourth-order valence-electron chi connectivity index (χ4n) is 1.83. The van der Waals surface area contributed by atoms with E-state index in [9.17, 15) is 0 Å². The van der Waals surface area contributed by atoms with Gasteiger partial charge in [-0.25, -0.2) is 0 Å². The van der Waals surface area contributed by atoms with Crippen molar-refractivity contribution in [1.82, 2.24) is 5.32 Å². The van der Waals surface area contributed by atoms with Crippen LogP contribution in [0, 0.1) is 23.2 Å². The van der Waals surface area contributed by atoms with Crippen LogP contribution in [0.5, 0.6) is 0 Å². The smallest absolute Gasteiger partial charge is 0.119 e. The van der Waals surface area contributed by atoms with Gasteiger partial charge in [-0.1, -0.05) is 13.3 Å². The lowest BCUT2D eigenvalue weighted by atomic mass is 9.73. The molecule has 1 aliphatic carbocycles. The second-order valence-electron chi connectivity index (χ2n) is 3.88. The van der Waals surface area contributed by atoms with Crippen LogP contribution in [0.4, 0.5) is 0 Å². The summed E-state index contributed by atoms with van der Waals surface area (Å²) in [5.41, 5.74) is 0. The van der Waals surface area contributed by atoms with E-state index in [1.54, 1.807) is 0 Å². The fourth-order valence-corrected chi connectivity index (χ4v) is 1.83. The van der Waals surface area contributed by atoms with Crippen LogP contribution in [0.1, 0.15) is 26.2 Å². The maximum absolute atomic E-state index is 8.74. The number of nitrogens with one attached hydrogen (secondary N) is 1. The van der Waals surface area contributed by atoms with Gasteiger partial charge in [-0.15, -0.1) is 0 Å². The lowest BCUT2D eigenvalue weighted by molar-refractivity contribution is 0.173. The van der Waals surface area contributed by atoms with Gasteiger partial charge < -0.3 is 5.11 Å². The Morgan fingerprint density at radius 3 is 2.69 bits per heavy atom. The van der Waals surface area contributed by atoms with Gasteiger partial charge in [0.05, 0.1) is 12.7 Å². The molecule has 2 N–H and O–H groups in total. The summed E-state index contributed by atoms with van der Waals surface area (Å²) in [4.78, 5) is 0. The predicted octanol–water partition coefficient (Wildman–Crippen LogP) is 0.897. The number of rotatable bonds is 5. The second-order valence-corrected chi connectivity index (χ2v) is 3.88. The Bertz CT molecular complexity index is 182. The summed E-state index contributed by atoms with van der Waals surface area (Å²) in [5, 5.41) is 20.4. The van der Waals surface area contributed by atoms with Crippen LogP contribution >= 0.6 is 0 Å². The van der Waals surface area contributed by atoms with Crippen LogP contribution in [0.2, 0.25) is 0 Å². The van der Waals surface area contributed by atoms with E-state index in [0.29, 0.717) is 0 Å². The predicted molar refractivity (Wildman–Crippen MR) is 51.0 cm³/mol. The van der Waals surface area contributed by atoms with Gasteiger partial charge in [0.25, 0.3) is 0 Å². The van der Waals surface area contributed by atoms with Crippen LogP contribution < -0.4 is 5.32 Å². The Hall–Kier alpha value is -0.590. The molecule has 74 valence electrons. The van der Waals surface area contributed by atoms with E-state index in [1.807, 2.05) is 6.07 Å². The van der Waals surface area contributed by atoms with Gasteiger partial charge in [0, 0.05) is 0 Å². The highest BCUT2D eigenvalue weighted by Crippen LogP contribution is 2.35. The summed E-state index contributed by atoms with van der Waals surface area (Å²) < 4.78 is 0. The molecule has 0 aromatic rings. The zero-order valence-electron chi connectivity index (χ0n) is 8.16. The minimum atomic E-state index is -0.374. The number of nitrogens with zero attached hydrogens (tertiary/aromatic N) is 1. The Morgan fingerprint density at radius 2 is 2.23 bits per heavy atom. The Labute approximate surface area is 79.8 Å². The fraction of sp³-hybridized carbons (Fsp3) is 0.900. The molecule has 0 aromatic carbocycles. The second kappa shape index (κ2) is 5.21. The van der Waals surface area contributed by atoms with Crippen LogP contribution in [-0.2, 0) is 0 Å². The number of aliphatic hydroxyl groups excluding tert-OH is 1. The van der Waals surface area contributed by atoms with Crippen molar-refractivity contribution in [1.29, 1.82) is 5.26 Å². The van der Waals surface area contributed by atoms with E-state index in [-0.39, 0.29) is 12.6 Å². The molecule has 0 radical (unpaired) electrons. The maximum Gasteiger partial charge on any atom is 0.119 e. The molecule has 0 saturated heterocycles. The van der Waals surface area contributed by atoms with E-state index in [4.69, 9.17) is 10.4 Å². The van der Waals surface area contributed by atoms with Crippen LogP contribution in [0.15, 0.2) is 0 Å². The van der Waals surface area contributed by atoms with Crippen molar-refractivity contribution >= 4 is 0 Å². The molecule has 3 heteroatoms. The third kappa shape index (κ3) is 2.98. The van der Waals surface area contributed by atoms with E-state index in [1.165, 1.54) is 19.3 Å². The summed E-state index contributed by atoms with van der Waals surface area (Å²) in [7, 11) is 0. The molecule has 0 spiro atoms. The average Bonchev–Trinajstić information content (AvgIpc) is 2.09. The molecule has 1 aliphatic rings. The van der Waals surface area contributed by atoms with Crippen molar-refractivity contribution in [2.45, 2.75) is 32.2 Å². The molecule has 1 fully saturated rings. The van der Waals surface area contributed by atoms with Crippen LogP contribution in [-0.4, -0.2) is 24.3 Å². The van der Waals surface area contributed by atoms with Crippen molar-refractivity contribution < 1.29 is 5.11 Å². The minimum absolute atomic E-state index is 0.0829. The maximum atomic E-state index is 8.74. The number of nitriles is 1. The minimum Gasteiger partial charge on any atom is -0.394 e. The Morgan fingerprint density at radius 1 is 1.54 bits per heavy atom. The average molecular weight is 182 g/mol. The topological polar surface area (TPSA) is 56.0 Å². The van der Waals surface area contributed by atoms with Crippen molar-refractivity contribution in [2.75, 3.05) is 13.2 Å². The monoisotopic (exact) mass is 182 g/mol. The highest BCUT2D eigenvalue weighted by atomic mass is 16.3. The number of hydrogen-bond donors (Lipinski definition) is 2. The molecule has 0 bridgehead atoms. The van der Waals surface area contributed by atoms with Crippen LogP contribution in [0.3, 0.4) is 0 Å². The lowest BCUT2D eigenvalue weighted by Crippen LogP contribution is -2.39. The molecular weight excluding hydrogens is 164 g/mol. The molecule has 1 atom stereocenters. The first-order valence-electron chi connectivity index (χ1n) is 5.04. The first-order valence-corrected chi connectivity index (χ1v) is 5.04. The summed E-state index contributed by atoms with van der Waals surface area (Å²) >= 11 is 0. The molecule has 0 amide bonds. The van der Waals surface area contributed by atoms with Crippen molar-refractivity contribution in [2.24, 2.45) is 11.8 Å². The van der Waals surface area contributed by atoms with E-state index in [0.717, 1.165) is 18.4 Å². The molecule has 1 saturated carbocycles. The van der Waals surface area contributed by atoms with E-state index < -0.39 is 0 Å². The van der Waals surface area contributed by atoms with Gasteiger partial charge >= 0.3 is 0 Å². The molecule has 13 heavy (non-hydrogen) atoms. The molecule has 0 aromatic heterocycles. The van der Waals surface area contributed by atoms with E-state index >= 15 is 0 Å². The van der Waals surface area contributed by atoms with Gasteiger partial charge in [0.15, 0.2) is 0 Å². The molecule has 0 aliphatic heterocycles. The highest BCUT2D eigenvalue weighted by molar-refractivity contribution is 4.90. The molecular formula is C10H18N2O. The van der Waals surface area contributed by atoms with Gasteiger partial charge in [-0.2, -0.15) is 5.26 Å². The van der Waals surface area contributed by atoms with Crippen LogP contribution in [0.25, 0.3) is 0 Å². The zero-order valence-corrected chi connectivity index (χ0v) is 8.16. The summed E-state index contributed by atoms with van der Waals surface area (Å²) in [5.74, 6) is 1.63. The SMILES string of the molecule is CCC1CC(CNC(C#N)CO)C1. The first-order chi connectivity index (χ1) is 6.30. The zero-order chi connectivity index (χ0) is 9.68. The Kier molecular flexibility index (Phi) is 4.20. The van der Waals surface area contributed by atoms with Gasteiger partial charge in [0.2, 0.25) is 0 Å². The first kappa shape index (κ1) is 10.5. The number of aliphatic hydroxyl groups is 1.